The highest BCUT2D eigenvalue weighted by atomic mass is 32.2. The molecule has 0 aromatic heterocycles. The Bertz CT molecular complexity index is 1350. The number of carbonyl (C=O) groups excluding carboxylic acids is 1. The molecule has 43 heavy (non-hydrogen) atoms. The monoisotopic (exact) mass is 621 g/mol. The van der Waals surface area contributed by atoms with E-state index in [4.69, 9.17) is 9.73 Å². The van der Waals surface area contributed by atoms with Crippen LogP contribution in [0, 0.1) is 0 Å². The number of aliphatic imine (C=N–C) groups is 1. The van der Waals surface area contributed by atoms with E-state index in [2.05, 4.69) is 103 Å². The van der Waals surface area contributed by atoms with Crippen LogP contribution in [-0.2, 0) is 15.6 Å². The van der Waals surface area contributed by atoms with E-state index in [0.717, 1.165) is 65.9 Å². The van der Waals surface area contributed by atoms with Gasteiger partial charge in [-0.1, -0.05) is 90.9 Å². The minimum absolute atomic E-state index is 0.0495. The van der Waals surface area contributed by atoms with Crippen molar-refractivity contribution < 1.29 is 9.53 Å². The van der Waals surface area contributed by atoms with Crippen LogP contribution in [0.3, 0.4) is 0 Å². The molecule has 0 unspecified atom stereocenters. The van der Waals surface area contributed by atoms with E-state index in [1.165, 1.54) is 21.7 Å². The van der Waals surface area contributed by atoms with Gasteiger partial charge in [-0.3, -0.25) is 14.7 Å². The van der Waals surface area contributed by atoms with E-state index in [-0.39, 0.29) is 16.7 Å². The van der Waals surface area contributed by atoms with Gasteiger partial charge >= 0.3 is 0 Å². The van der Waals surface area contributed by atoms with Gasteiger partial charge in [-0.2, -0.15) is 0 Å². The molecule has 1 fully saturated rings. The predicted octanol–water partition coefficient (Wildman–Crippen LogP) is 9.75. The number of amides is 1. The van der Waals surface area contributed by atoms with Crippen molar-refractivity contribution in [2.24, 2.45) is 4.99 Å². The summed E-state index contributed by atoms with van der Waals surface area (Å²) >= 11 is 3.25. The van der Waals surface area contributed by atoms with E-state index in [0.29, 0.717) is 19.7 Å². The average Bonchev–Trinajstić information content (AvgIpc) is 3.53. The Morgan fingerprint density at radius 1 is 0.860 bits per heavy atom. The molecule has 0 N–H and O–H groups in total. The predicted molar refractivity (Wildman–Crippen MR) is 187 cm³/mol. The average molecular weight is 622 g/mol. The second-order valence-electron chi connectivity index (χ2n) is 12.8. The summed E-state index contributed by atoms with van der Waals surface area (Å²) in [6.07, 6.45) is 6.00. The molecule has 234 valence electrons. The molecule has 2 aliphatic rings. The molecule has 1 amide bonds. The fraction of sp³-hybridized carbons (Fsp3) is 0.556. The fourth-order valence-corrected chi connectivity index (χ4v) is 7.68. The number of nitrogens with zero attached hydrogens (tertiary/aromatic N) is 3. The Kier molecular flexibility index (Phi) is 11.4. The van der Waals surface area contributed by atoms with Crippen LogP contribution < -0.4 is 9.64 Å². The van der Waals surface area contributed by atoms with Crippen molar-refractivity contribution in [3.05, 3.63) is 63.5 Å². The van der Waals surface area contributed by atoms with Crippen molar-refractivity contribution >= 4 is 40.3 Å². The molecule has 7 heteroatoms. The molecule has 0 bridgehead atoms. The zero-order valence-corrected chi connectivity index (χ0v) is 29.2. The molecule has 2 aromatic rings. The first-order chi connectivity index (χ1) is 20.6. The van der Waals surface area contributed by atoms with E-state index >= 15 is 0 Å². The molecule has 0 saturated carbocycles. The molecule has 0 atom stereocenters. The van der Waals surface area contributed by atoms with Crippen LogP contribution in [0.4, 0.5) is 5.69 Å². The summed E-state index contributed by atoms with van der Waals surface area (Å²) < 4.78 is 6.40. The lowest BCUT2D eigenvalue weighted by atomic mass is 9.76. The third kappa shape index (κ3) is 7.47. The van der Waals surface area contributed by atoms with Gasteiger partial charge < -0.3 is 9.64 Å². The molecule has 0 radical (unpaired) electrons. The maximum atomic E-state index is 13.7. The number of amidine groups is 1. The Balaban J connectivity index is 1.42. The van der Waals surface area contributed by atoms with Crippen molar-refractivity contribution in [1.29, 1.82) is 0 Å². The lowest BCUT2D eigenvalue weighted by Crippen LogP contribution is -2.31. The highest BCUT2D eigenvalue weighted by Crippen LogP contribution is 2.50. The number of para-hydroxylation sites is 1. The molecule has 1 saturated heterocycles. The van der Waals surface area contributed by atoms with Gasteiger partial charge in [0.05, 0.1) is 12.3 Å². The number of anilines is 1. The summed E-state index contributed by atoms with van der Waals surface area (Å²) in [5.41, 5.74) is 4.06. The quantitative estimate of drug-likeness (QED) is 0.155. The number of carbonyl (C=O) groups is 1. The number of hydrogen-bond acceptors (Lipinski definition) is 6. The number of hydrogen-bond donors (Lipinski definition) is 0. The van der Waals surface area contributed by atoms with Crippen LogP contribution in [-0.4, -0.2) is 42.2 Å². The maximum absolute atomic E-state index is 13.7. The fourth-order valence-electron chi connectivity index (χ4n) is 5.25. The second-order valence-corrected chi connectivity index (χ2v) is 14.8. The van der Waals surface area contributed by atoms with Gasteiger partial charge in [0.25, 0.3) is 5.91 Å². The second kappa shape index (κ2) is 14.6. The number of unbranched alkanes of at least 4 members (excludes halogenated alkanes) is 2. The van der Waals surface area contributed by atoms with Crippen molar-refractivity contribution in [2.75, 3.05) is 31.1 Å². The van der Waals surface area contributed by atoms with E-state index in [9.17, 15) is 4.79 Å². The normalized spacial score (nSPS) is 18.2. The van der Waals surface area contributed by atoms with Crippen LogP contribution in [0.2, 0.25) is 0 Å². The smallest absolute Gasteiger partial charge is 0.269 e. The van der Waals surface area contributed by atoms with Gasteiger partial charge in [0.2, 0.25) is 0 Å². The third-order valence-corrected chi connectivity index (χ3v) is 11.4. The van der Waals surface area contributed by atoms with Crippen molar-refractivity contribution in [3.8, 4) is 5.75 Å². The summed E-state index contributed by atoms with van der Waals surface area (Å²) in [6, 6.07) is 15.2. The van der Waals surface area contributed by atoms with Crippen LogP contribution in [0.1, 0.15) is 105 Å². The number of ether oxygens (including phenoxy) is 1. The van der Waals surface area contributed by atoms with Crippen molar-refractivity contribution in [1.82, 2.24) is 4.90 Å². The van der Waals surface area contributed by atoms with Crippen LogP contribution in [0.5, 0.6) is 5.75 Å². The molecule has 2 aliphatic heterocycles. The van der Waals surface area contributed by atoms with E-state index in [1.54, 1.807) is 23.5 Å². The van der Waals surface area contributed by atoms with Crippen molar-refractivity contribution in [2.45, 2.75) is 110 Å². The molecule has 0 spiro atoms. The summed E-state index contributed by atoms with van der Waals surface area (Å²) in [6.45, 7) is 21.0. The molecular weight excluding hydrogens is 571 g/mol. The van der Waals surface area contributed by atoms with Crippen LogP contribution >= 0.6 is 23.5 Å². The Morgan fingerprint density at radius 2 is 1.60 bits per heavy atom. The maximum Gasteiger partial charge on any atom is 0.269 e. The van der Waals surface area contributed by atoms with Crippen LogP contribution in [0.15, 0.2) is 62.3 Å². The van der Waals surface area contributed by atoms with Gasteiger partial charge in [0.1, 0.15) is 15.7 Å². The molecule has 4 rings (SSSR count). The van der Waals surface area contributed by atoms with E-state index < -0.39 is 0 Å². The standard InChI is InChI=1S/C36H51N3O2S2/c1-9-13-23-39-32(40)31(33-38(12-4)28-18-14-15-19-30(28)42-33)43-34(39)37-22-16-17-24-41-29-21-20-26(35(5,6)10-2)25-27(29)36(7,8)11-3/h14-15,18-21,25H,9-13,16-17,22-24H2,1-8H3. The Morgan fingerprint density at radius 3 is 2.30 bits per heavy atom. The number of rotatable bonds is 14. The van der Waals surface area contributed by atoms with Gasteiger partial charge in [-0.25, -0.2) is 0 Å². The number of benzene rings is 2. The summed E-state index contributed by atoms with van der Waals surface area (Å²) in [5.74, 6) is 1.10. The first kappa shape index (κ1) is 33.5. The molecule has 2 heterocycles. The van der Waals surface area contributed by atoms with Gasteiger partial charge in [-0.05, 0) is 85.4 Å². The molecule has 5 nitrogen and oxygen atoms in total. The van der Waals surface area contributed by atoms with Gasteiger partial charge in [0, 0.05) is 30.1 Å². The highest BCUT2D eigenvalue weighted by Gasteiger charge is 2.39. The molecule has 0 aliphatic carbocycles. The number of fused-ring (bicyclic) bond motifs is 1. The van der Waals surface area contributed by atoms with Crippen LogP contribution in [0.25, 0.3) is 0 Å². The topological polar surface area (TPSA) is 45.1 Å². The Labute approximate surface area is 268 Å². The largest absolute Gasteiger partial charge is 0.493 e. The zero-order chi connectivity index (χ0) is 31.2. The zero-order valence-electron chi connectivity index (χ0n) is 27.6. The minimum atomic E-state index is 0.0495. The highest BCUT2D eigenvalue weighted by molar-refractivity contribution is 8.19. The van der Waals surface area contributed by atoms with Gasteiger partial charge in [0.15, 0.2) is 5.17 Å². The first-order valence-electron chi connectivity index (χ1n) is 16.2. The summed E-state index contributed by atoms with van der Waals surface area (Å²) in [4.78, 5) is 24.8. The SMILES string of the molecule is CCCCN1C(=O)C(=C2Sc3ccccc3N2CC)SC1=NCCCCOc1ccc(C(C)(C)CC)cc1C(C)(C)CC. The minimum Gasteiger partial charge on any atom is -0.493 e. The van der Waals surface area contributed by atoms with E-state index in [1.807, 2.05) is 4.90 Å². The molecule has 2 aromatic carbocycles. The Hall–Kier alpha value is -2.38. The lowest BCUT2D eigenvalue weighted by Gasteiger charge is -2.30. The van der Waals surface area contributed by atoms with Crippen molar-refractivity contribution in [3.63, 3.8) is 0 Å². The van der Waals surface area contributed by atoms with Gasteiger partial charge in [-0.15, -0.1) is 0 Å². The first-order valence-corrected chi connectivity index (χ1v) is 17.8. The third-order valence-electron chi connectivity index (χ3n) is 9.03. The summed E-state index contributed by atoms with van der Waals surface area (Å²) in [5, 5.41) is 1.88. The number of thioether (sulfide) groups is 2. The molecular formula is C36H51N3O2S2. The lowest BCUT2D eigenvalue weighted by molar-refractivity contribution is -0.122. The summed E-state index contributed by atoms with van der Waals surface area (Å²) in [7, 11) is 0.